The van der Waals surface area contributed by atoms with Crippen LogP contribution in [0.25, 0.3) is 11.1 Å². The summed E-state index contributed by atoms with van der Waals surface area (Å²) in [4.78, 5) is 47.2. The first-order valence-electron chi connectivity index (χ1n) is 11.7. The lowest BCUT2D eigenvalue weighted by Crippen LogP contribution is -2.57. The molecule has 2 atom stereocenters. The lowest BCUT2D eigenvalue weighted by molar-refractivity contribution is -0.148. The Morgan fingerprint density at radius 1 is 1.09 bits per heavy atom. The number of hydrogen-bond acceptors (Lipinski definition) is 7. The molecule has 1 N–H and O–H groups in total. The molecule has 0 saturated carbocycles. The molecule has 0 bridgehead atoms. The summed E-state index contributed by atoms with van der Waals surface area (Å²) < 4.78 is 5.31. The summed E-state index contributed by atoms with van der Waals surface area (Å²) in [6, 6.07) is 10.7. The zero-order chi connectivity index (χ0) is 24.7. The molecule has 0 aliphatic carbocycles. The smallest absolute Gasteiger partial charge is 0.291 e. The van der Waals surface area contributed by atoms with Crippen molar-refractivity contribution in [3.05, 3.63) is 65.3 Å². The second-order valence-corrected chi connectivity index (χ2v) is 9.08. The van der Waals surface area contributed by atoms with Gasteiger partial charge < -0.3 is 19.6 Å². The van der Waals surface area contributed by atoms with Crippen LogP contribution in [-0.2, 0) is 9.59 Å². The summed E-state index contributed by atoms with van der Waals surface area (Å²) in [5.41, 5.74) is 4.38. The predicted molar refractivity (Wildman–Crippen MR) is 129 cm³/mol. The number of pyridine rings is 1. The SMILES string of the molecule is Cc1noc(C)c1-c1ccnc2c1NCC2C(=O)C(=O)N1CCN(C(=O)c2ccccc2)CC1C. The van der Waals surface area contributed by atoms with Crippen molar-refractivity contribution in [2.45, 2.75) is 32.7 Å². The second-order valence-electron chi connectivity index (χ2n) is 9.08. The summed E-state index contributed by atoms with van der Waals surface area (Å²) in [7, 11) is 0. The van der Waals surface area contributed by atoms with Crippen LogP contribution in [0.2, 0.25) is 0 Å². The summed E-state index contributed by atoms with van der Waals surface area (Å²) in [5, 5.41) is 7.30. The van der Waals surface area contributed by atoms with Crippen molar-refractivity contribution in [1.82, 2.24) is 19.9 Å². The van der Waals surface area contributed by atoms with Crippen LogP contribution in [-0.4, -0.2) is 69.8 Å². The highest BCUT2D eigenvalue weighted by Crippen LogP contribution is 2.40. The Bertz CT molecular complexity index is 1280. The van der Waals surface area contributed by atoms with Gasteiger partial charge in [0, 0.05) is 55.1 Å². The van der Waals surface area contributed by atoms with Crippen LogP contribution in [0.1, 0.15) is 40.3 Å². The van der Waals surface area contributed by atoms with Gasteiger partial charge in [0.2, 0.25) is 5.78 Å². The monoisotopic (exact) mass is 473 g/mol. The molecular weight excluding hydrogens is 446 g/mol. The van der Waals surface area contributed by atoms with Crippen LogP contribution < -0.4 is 5.32 Å². The summed E-state index contributed by atoms with van der Waals surface area (Å²) >= 11 is 0. The molecule has 5 rings (SSSR count). The van der Waals surface area contributed by atoms with E-state index >= 15 is 0 Å². The number of aryl methyl sites for hydroxylation is 2. The molecule has 0 spiro atoms. The molecule has 180 valence electrons. The normalized spacial score (nSPS) is 19.3. The number of fused-ring (bicyclic) bond motifs is 1. The number of nitrogens with one attached hydrogen (secondary N) is 1. The van der Waals surface area contributed by atoms with E-state index in [1.54, 1.807) is 28.1 Å². The Kier molecular flexibility index (Phi) is 5.84. The molecule has 35 heavy (non-hydrogen) atoms. The van der Waals surface area contributed by atoms with E-state index in [2.05, 4.69) is 15.5 Å². The third-order valence-electron chi connectivity index (χ3n) is 6.82. The van der Waals surface area contributed by atoms with Gasteiger partial charge in [0.25, 0.3) is 11.8 Å². The summed E-state index contributed by atoms with van der Waals surface area (Å²) in [6.45, 7) is 6.93. The Hall–Kier alpha value is -4.01. The minimum absolute atomic E-state index is 0.0687. The number of anilines is 1. The van der Waals surface area contributed by atoms with Gasteiger partial charge in [0.1, 0.15) is 5.76 Å². The molecule has 1 aromatic carbocycles. The van der Waals surface area contributed by atoms with Gasteiger partial charge in [-0.3, -0.25) is 19.4 Å². The van der Waals surface area contributed by atoms with Gasteiger partial charge in [-0.1, -0.05) is 23.4 Å². The number of hydrogen-bond donors (Lipinski definition) is 1. The third-order valence-corrected chi connectivity index (χ3v) is 6.82. The first kappa shape index (κ1) is 22.8. The van der Waals surface area contributed by atoms with Crippen molar-refractivity contribution in [3.63, 3.8) is 0 Å². The quantitative estimate of drug-likeness (QED) is 0.581. The van der Waals surface area contributed by atoms with Crippen molar-refractivity contribution < 1.29 is 18.9 Å². The Morgan fingerprint density at radius 2 is 1.86 bits per heavy atom. The molecule has 2 amide bonds. The highest BCUT2D eigenvalue weighted by atomic mass is 16.5. The molecular formula is C26H27N5O4. The number of aromatic nitrogens is 2. The maximum Gasteiger partial charge on any atom is 0.291 e. The summed E-state index contributed by atoms with van der Waals surface area (Å²) in [5.74, 6) is -1.09. The van der Waals surface area contributed by atoms with Crippen LogP contribution in [0.5, 0.6) is 0 Å². The zero-order valence-electron chi connectivity index (χ0n) is 19.9. The van der Waals surface area contributed by atoms with Crippen molar-refractivity contribution in [2.75, 3.05) is 31.5 Å². The van der Waals surface area contributed by atoms with E-state index in [0.717, 1.165) is 22.5 Å². The third kappa shape index (κ3) is 3.96. The van der Waals surface area contributed by atoms with Gasteiger partial charge in [0.15, 0.2) is 0 Å². The van der Waals surface area contributed by atoms with E-state index in [4.69, 9.17) is 4.52 Å². The van der Waals surface area contributed by atoms with Gasteiger partial charge in [-0.25, -0.2) is 0 Å². The van der Waals surface area contributed by atoms with Crippen molar-refractivity contribution in [3.8, 4) is 11.1 Å². The molecule has 2 unspecified atom stereocenters. The van der Waals surface area contributed by atoms with Crippen molar-refractivity contribution in [2.24, 2.45) is 0 Å². The maximum absolute atomic E-state index is 13.3. The molecule has 9 nitrogen and oxygen atoms in total. The lowest BCUT2D eigenvalue weighted by atomic mass is 9.96. The average Bonchev–Trinajstić information content (AvgIpc) is 3.46. The lowest BCUT2D eigenvalue weighted by Gasteiger charge is -2.39. The van der Waals surface area contributed by atoms with Gasteiger partial charge in [-0.05, 0) is 39.0 Å². The molecule has 1 saturated heterocycles. The van der Waals surface area contributed by atoms with Crippen LogP contribution >= 0.6 is 0 Å². The maximum atomic E-state index is 13.3. The first-order valence-corrected chi connectivity index (χ1v) is 11.7. The number of ketones is 1. The van der Waals surface area contributed by atoms with E-state index in [0.29, 0.717) is 43.2 Å². The summed E-state index contributed by atoms with van der Waals surface area (Å²) in [6.07, 6.45) is 1.65. The average molecular weight is 474 g/mol. The fourth-order valence-corrected chi connectivity index (χ4v) is 5.02. The van der Waals surface area contributed by atoms with E-state index in [9.17, 15) is 14.4 Å². The van der Waals surface area contributed by atoms with Crippen LogP contribution in [0.15, 0.2) is 47.1 Å². The molecule has 2 aliphatic heterocycles. The van der Waals surface area contributed by atoms with Crippen molar-refractivity contribution >= 4 is 23.3 Å². The zero-order valence-corrected chi connectivity index (χ0v) is 19.9. The Balaban J connectivity index is 1.32. The standard InChI is InChI=1S/C26H27N5O4/c1-15-14-30(25(33)18-7-5-4-6-8-18)11-12-31(15)26(34)24(32)20-13-28-22-19(9-10-27-23(20)22)21-16(2)29-35-17(21)3/h4-10,15,20,28H,11-14H2,1-3H3. The molecule has 0 radical (unpaired) electrons. The van der Waals surface area contributed by atoms with Crippen molar-refractivity contribution in [1.29, 1.82) is 0 Å². The number of carbonyl (C=O) groups excluding carboxylic acids is 3. The Morgan fingerprint density at radius 3 is 2.54 bits per heavy atom. The minimum Gasteiger partial charge on any atom is -0.382 e. The van der Waals surface area contributed by atoms with E-state index < -0.39 is 17.6 Å². The topological polar surface area (TPSA) is 109 Å². The highest BCUT2D eigenvalue weighted by molar-refractivity contribution is 6.38. The first-order chi connectivity index (χ1) is 16.9. The molecule has 2 aliphatic rings. The van der Waals surface area contributed by atoms with Gasteiger partial charge >= 0.3 is 0 Å². The minimum atomic E-state index is -0.672. The molecule has 9 heteroatoms. The Labute approximate surface area is 203 Å². The molecule has 4 heterocycles. The fourth-order valence-electron chi connectivity index (χ4n) is 5.02. The largest absolute Gasteiger partial charge is 0.382 e. The number of piperazine rings is 1. The van der Waals surface area contributed by atoms with Crippen LogP contribution in [0.4, 0.5) is 5.69 Å². The molecule has 1 fully saturated rings. The van der Waals surface area contributed by atoms with Gasteiger partial charge in [-0.15, -0.1) is 0 Å². The van der Waals surface area contributed by atoms with E-state index in [1.807, 2.05) is 45.0 Å². The molecule has 3 aromatic rings. The number of nitrogens with zero attached hydrogens (tertiary/aromatic N) is 4. The van der Waals surface area contributed by atoms with Gasteiger partial charge in [-0.2, -0.15) is 0 Å². The number of rotatable bonds is 4. The van der Waals surface area contributed by atoms with Gasteiger partial charge in [0.05, 0.1) is 23.0 Å². The van der Waals surface area contributed by atoms with E-state index in [1.165, 1.54) is 0 Å². The predicted octanol–water partition coefficient (Wildman–Crippen LogP) is 2.80. The van der Waals surface area contributed by atoms with Crippen LogP contribution in [0, 0.1) is 13.8 Å². The second kappa shape index (κ2) is 8.98. The van der Waals surface area contributed by atoms with Crippen LogP contribution in [0.3, 0.4) is 0 Å². The number of Topliss-reactive ketones (excluding diaryl/α,β-unsaturated/α-hetero) is 1. The van der Waals surface area contributed by atoms with E-state index in [-0.39, 0.29) is 11.9 Å². The molecule has 2 aromatic heterocycles. The number of amides is 2. The number of benzene rings is 1. The fraction of sp³-hybridized carbons (Fsp3) is 0.346. The number of carbonyl (C=O) groups is 3. The highest BCUT2D eigenvalue weighted by Gasteiger charge is 2.40.